The minimum atomic E-state index is -0.300. The Labute approximate surface area is 207 Å². The average Bonchev–Trinajstić information content (AvgIpc) is 2.91. The van der Waals surface area contributed by atoms with E-state index >= 15 is 0 Å². The Morgan fingerprint density at radius 2 is 1.77 bits per heavy atom. The molecule has 0 radical (unpaired) electrons. The van der Waals surface area contributed by atoms with E-state index in [0.29, 0.717) is 38.9 Å². The van der Waals surface area contributed by atoms with Gasteiger partial charge in [0.1, 0.15) is 11.6 Å². The van der Waals surface area contributed by atoms with Gasteiger partial charge in [-0.1, -0.05) is 17.7 Å². The number of nitriles is 1. The van der Waals surface area contributed by atoms with Crippen LogP contribution < -0.4 is 14.2 Å². The number of Topliss-reactive ketones (excluding diaryl/α,β-unsaturated/α-hetero) is 1. The molecule has 0 aliphatic rings. The number of hydrogen-bond donors (Lipinski definition) is 0. The highest BCUT2D eigenvalue weighted by atomic mass is 35.5. The minimum absolute atomic E-state index is 0.0425. The lowest BCUT2D eigenvalue weighted by atomic mass is 9.98. The van der Waals surface area contributed by atoms with E-state index in [9.17, 15) is 10.1 Å². The van der Waals surface area contributed by atoms with E-state index in [4.69, 9.17) is 25.8 Å². The zero-order valence-electron chi connectivity index (χ0n) is 19.0. The highest BCUT2D eigenvalue weighted by Gasteiger charge is 2.19. The van der Waals surface area contributed by atoms with Gasteiger partial charge in [-0.15, -0.1) is 0 Å². The lowest BCUT2D eigenvalue weighted by Gasteiger charge is -2.15. The maximum absolute atomic E-state index is 12.7. The molecule has 2 aromatic carbocycles. The highest BCUT2D eigenvalue weighted by Crippen LogP contribution is 2.37. The molecule has 4 aromatic rings. The number of rotatable bonds is 8. The van der Waals surface area contributed by atoms with Crippen LogP contribution in [0.25, 0.3) is 22.4 Å². The van der Waals surface area contributed by atoms with Crippen molar-refractivity contribution in [1.29, 1.82) is 5.26 Å². The van der Waals surface area contributed by atoms with Crippen molar-refractivity contribution in [3.63, 3.8) is 0 Å². The largest absolute Gasteiger partial charge is 0.493 e. The van der Waals surface area contributed by atoms with Crippen LogP contribution in [-0.4, -0.2) is 36.6 Å². The van der Waals surface area contributed by atoms with Gasteiger partial charge in [0.2, 0.25) is 5.88 Å². The molecule has 0 fully saturated rings. The van der Waals surface area contributed by atoms with Crippen molar-refractivity contribution in [3.8, 4) is 45.8 Å². The van der Waals surface area contributed by atoms with Crippen LogP contribution >= 0.6 is 11.6 Å². The Kier molecular flexibility index (Phi) is 7.24. The van der Waals surface area contributed by atoms with Crippen LogP contribution in [0.4, 0.5) is 0 Å². The first-order valence-electron chi connectivity index (χ1n) is 10.5. The number of carbonyl (C=O) groups is 1. The molecule has 174 valence electrons. The lowest BCUT2D eigenvalue weighted by molar-refractivity contribution is 0.0918. The lowest BCUT2D eigenvalue weighted by Crippen LogP contribution is -2.13. The predicted octanol–water partition coefficient (Wildman–Crippen LogP) is 5.61. The molecule has 0 saturated heterocycles. The molecule has 4 rings (SSSR count). The minimum Gasteiger partial charge on any atom is -0.493 e. The molecule has 0 spiro atoms. The molecule has 35 heavy (non-hydrogen) atoms. The Hall–Kier alpha value is -4.41. The number of nitrogens with zero attached hydrogens (tertiary/aromatic N) is 3. The predicted molar refractivity (Wildman–Crippen MR) is 132 cm³/mol. The number of ketones is 1. The van der Waals surface area contributed by atoms with Crippen molar-refractivity contribution in [1.82, 2.24) is 9.97 Å². The van der Waals surface area contributed by atoms with Crippen LogP contribution in [0.5, 0.6) is 17.4 Å². The molecule has 0 aliphatic heterocycles. The van der Waals surface area contributed by atoms with Gasteiger partial charge in [-0.2, -0.15) is 5.26 Å². The van der Waals surface area contributed by atoms with Gasteiger partial charge in [-0.3, -0.25) is 9.78 Å². The number of methoxy groups -OCH3 is 2. The first-order valence-corrected chi connectivity index (χ1v) is 10.9. The number of pyridine rings is 2. The van der Waals surface area contributed by atoms with Crippen molar-refractivity contribution < 1.29 is 19.0 Å². The molecule has 0 saturated carbocycles. The van der Waals surface area contributed by atoms with Crippen LogP contribution in [0.2, 0.25) is 5.02 Å². The fourth-order valence-electron chi connectivity index (χ4n) is 3.48. The topological polar surface area (TPSA) is 94.3 Å². The fraction of sp³-hybridized carbons (Fsp3) is 0.111. The van der Waals surface area contributed by atoms with Gasteiger partial charge in [0, 0.05) is 34.1 Å². The number of hydrogen-bond acceptors (Lipinski definition) is 7. The van der Waals surface area contributed by atoms with Crippen LogP contribution in [0.1, 0.15) is 15.9 Å². The van der Waals surface area contributed by atoms with Crippen LogP contribution in [0.15, 0.2) is 73.1 Å². The molecule has 8 heteroatoms. The zero-order chi connectivity index (χ0) is 24.8. The average molecular weight is 486 g/mol. The van der Waals surface area contributed by atoms with E-state index in [1.165, 1.54) is 7.11 Å². The molecule has 0 bridgehead atoms. The maximum atomic E-state index is 12.7. The maximum Gasteiger partial charge on any atom is 0.233 e. The molecular formula is C27H20ClN3O4. The fourth-order valence-corrected chi connectivity index (χ4v) is 3.61. The van der Waals surface area contributed by atoms with E-state index in [0.717, 1.165) is 5.56 Å². The van der Waals surface area contributed by atoms with E-state index in [-0.39, 0.29) is 23.8 Å². The van der Waals surface area contributed by atoms with Gasteiger partial charge in [-0.25, -0.2) is 4.98 Å². The first kappa shape index (κ1) is 23.7. The molecular weight excluding hydrogens is 466 g/mol. The Bertz CT molecular complexity index is 1400. The quantitative estimate of drug-likeness (QED) is 0.299. The SMILES string of the molecule is COc1ccc(-c2cc(-c3cccnc3)nc(OCC(=O)c3ccc(Cl)cc3)c2C#N)cc1OC. The van der Waals surface area contributed by atoms with Gasteiger partial charge in [0.15, 0.2) is 23.9 Å². The van der Waals surface area contributed by atoms with E-state index < -0.39 is 0 Å². The van der Waals surface area contributed by atoms with Gasteiger partial charge in [0.25, 0.3) is 0 Å². The summed E-state index contributed by atoms with van der Waals surface area (Å²) in [5.41, 5.74) is 3.16. The van der Waals surface area contributed by atoms with Gasteiger partial charge in [-0.05, 0) is 60.2 Å². The normalized spacial score (nSPS) is 10.3. The van der Waals surface area contributed by atoms with Gasteiger partial charge in [0.05, 0.1) is 19.9 Å². The summed E-state index contributed by atoms with van der Waals surface area (Å²) >= 11 is 5.91. The summed E-state index contributed by atoms with van der Waals surface area (Å²) in [5.74, 6) is 0.836. The van der Waals surface area contributed by atoms with Crippen LogP contribution in [-0.2, 0) is 0 Å². The molecule has 0 N–H and O–H groups in total. The third-order valence-electron chi connectivity index (χ3n) is 5.26. The van der Waals surface area contributed by atoms with Crippen molar-refractivity contribution in [2.75, 3.05) is 20.8 Å². The number of halogens is 1. The second-order valence-electron chi connectivity index (χ2n) is 7.38. The number of benzene rings is 2. The first-order chi connectivity index (χ1) is 17.0. The van der Waals surface area contributed by atoms with Crippen LogP contribution in [0, 0.1) is 11.3 Å². The standard InChI is InChI=1S/C27H20ClN3O4/c1-33-25-10-7-18(12-26(25)34-2)21-13-23(19-4-3-11-30-15-19)31-27(22(21)14-29)35-16-24(32)17-5-8-20(28)9-6-17/h3-13,15H,16H2,1-2H3. The summed E-state index contributed by atoms with van der Waals surface area (Å²) in [7, 11) is 3.09. The third kappa shape index (κ3) is 5.24. The van der Waals surface area contributed by atoms with E-state index in [1.54, 1.807) is 68.0 Å². The third-order valence-corrected chi connectivity index (χ3v) is 5.51. The smallest absolute Gasteiger partial charge is 0.233 e. The van der Waals surface area contributed by atoms with E-state index in [2.05, 4.69) is 16.0 Å². The van der Waals surface area contributed by atoms with Gasteiger partial charge < -0.3 is 14.2 Å². The van der Waals surface area contributed by atoms with Crippen molar-refractivity contribution in [2.45, 2.75) is 0 Å². The van der Waals surface area contributed by atoms with Crippen LogP contribution in [0.3, 0.4) is 0 Å². The zero-order valence-corrected chi connectivity index (χ0v) is 19.7. The summed E-state index contributed by atoms with van der Waals surface area (Å²) in [6, 6.07) is 19.4. The second kappa shape index (κ2) is 10.7. The summed E-state index contributed by atoms with van der Waals surface area (Å²) in [6.07, 6.45) is 3.32. The van der Waals surface area contributed by atoms with Crippen molar-refractivity contribution in [2.24, 2.45) is 0 Å². The monoisotopic (exact) mass is 485 g/mol. The molecule has 7 nitrogen and oxygen atoms in total. The molecule has 0 unspecified atom stereocenters. The number of ether oxygens (including phenoxy) is 3. The Balaban J connectivity index is 1.79. The summed E-state index contributed by atoms with van der Waals surface area (Å²) < 4.78 is 16.6. The summed E-state index contributed by atoms with van der Waals surface area (Å²) in [4.78, 5) is 21.4. The number of aromatic nitrogens is 2. The Morgan fingerprint density at radius 1 is 1.00 bits per heavy atom. The number of carbonyl (C=O) groups excluding carboxylic acids is 1. The summed E-state index contributed by atoms with van der Waals surface area (Å²) in [5, 5.41) is 10.6. The molecule has 0 amide bonds. The Morgan fingerprint density at radius 3 is 2.43 bits per heavy atom. The molecule has 0 atom stereocenters. The van der Waals surface area contributed by atoms with Crippen molar-refractivity contribution >= 4 is 17.4 Å². The van der Waals surface area contributed by atoms with Crippen molar-refractivity contribution in [3.05, 3.63) is 89.2 Å². The van der Waals surface area contributed by atoms with E-state index in [1.807, 2.05) is 12.1 Å². The molecule has 0 aliphatic carbocycles. The highest BCUT2D eigenvalue weighted by molar-refractivity contribution is 6.30. The molecule has 2 heterocycles. The summed E-state index contributed by atoms with van der Waals surface area (Å²) in [6.45, 7) is -0.300. The second-order valence-corrected chi connectivity index (χ2v) is 7.81. The van der Waals surface area contributed by atoms with Gasteiger partial charge >= 0.3 is 0 Å². The molecule has 2 aromatic heterocycles.